The minimum atomic E-state index is 0.843. The van der Waals surface area contributed by atoms with Crippen LogP contribution in [0.4, 0.5) is 0 Å². The highest BCUT2D eigenvalue weighted by Crippen LogP contribution is 2.39. The van der Waals surface area contributed by atoms with Crippen LogP contribution in [0.2, 0.25) is 0 Å². The van der Waals surface area contributed by atoms with Crippen molar-refractivity contribution < 1.29 is 4.42 Å². The Balaban J connectivity index is 1.02. The van der Waals surface area contributed by atoms with Gasteiger partial charge in [-0.2, -0.15) is 0 Å². The molecule has 0 atom stereocenters. The summed E-state index contributed by atoms with van der Waals surface area (Å²) < 4.78 is 8.33. The highest BCUT2D eigenvalue weighted by molar-refractivity contribution is 6.24. The van der Waals surface area contributed by atoms with Crippen LogP contribution in [-0.2, 0) is 0 Å². The number of hydrogen-bond acceptors (Lipinski definition) is 4. The average Bonchev–Trinajstić information content (AvgIpc) is 3.82. The Bertz CT molecular complexity index is 3510. The number of hydrogen-bond donors (Lipinski definition) is 0. The molecule has 54 heavy (non-hydrogen) atoms. The first-order valence-electron chi connectivity index (χ1n) is 18.2. The van der Waals surface area contributed by atoms with Gasteiger partial charge in [0.1, 0.15) is 16.8 Å². The molecule has 8 aromatic carbocycles. The zero-order chi connectivity index (χ0) is 35.3. The van der Waals surface area contributed by atoms with E-state index in [2.05, 4.69) is 150 Å². The zero-order valence-corrected chi connectivity index (χ0v) is 28.9. The van der Waals surface area contributed by atoms with Crippen molar-refractivity contribution >= 4 is 82.0 Å². The Morgan fingerprint density at radius 2 is 1.24 bits per heavy atom. The van der Waals surface area contributed by atoms with Crippen LogP contribution in [0.1, 0.15) is 0 Å². The molecule has 5 heteroatoms. The molecule has 0 aliphatic rings. The summed E-state index contributed by atoms with van der Waals surface area (Å²) in [6.07, 6.45) is 4.08. The molecule has 0 aliphatic heterocycles. The summed E-state index contributed by atoms with van der Waals surface area (Å²) >= 11 is 0. The molecule has 0 spiro atoms. The van der Waals surface area contributed by atoms with E-state index < -0.39 is 0 Å². The Morgan fingerprint density at radius 1 is 0.463 bits per heavy atom. The molecule has 0 fully saturated rings. The minimum absolute atomic E-state index is 0.843. The van der Waals surface area contributed by atoms with Gasteiger partial charge < -0.3 is 4.42 Å². The number of benzene rings is 8. The molecular weight excluding hydrogens is 661 g/mol. The molecule has 12 rings (SSSR count). The van der Waals surface area contributed by atoms with Crippen LogP contribution in [0.3, 0.4) is 0 Å². The number of para-hydroxylation sites is 1. The van der Waals surface area contributed by atoms with Crippen molar-refractivity contribution in [2.75, 3.05) is 0 Å². The Hall–Kier alpha value is -7.37. The summed E-state index contributed by atoms with van der Waals surface area (Å²) in [6.45, 7) is 0. The van der Waals surface area contributed by atoms with E-state index in [-0.39, 0.29) is 0 Å². The van der Waals surface area contributed by atoms with Crippen LogP contribution in [0.5, 0.6) is 0 Å². The van der Waals surface area contributed by atoms with E-state index in [9.17, 15) is 0 Å². The predicted octanol–water partition coefficient (Wildman–Crippen LogP) is 12.8. The topological polar surface area (TPSA) is 56.2 Å². The maximum absolute atomic E-state index is 6.10. The lowest BCUT2D eigenvalue weighted by molar-refractivity contribution is 0.669. The van der Waals surface area contributed by atoms with E-state index in [1.165, 1.54) is 5.56 Å². The molecule has 0 saturated carbocycles. The van der Waals surface area contributed by atoms with Crippen molar-refractivity contribution in [3.8, 4) is 33.5 Å². The van der Waals surface area contributed by atoms with Gasteiger partial charge >= 0.3 is 0 Å². The van der Waals surface area contributed by atoms with Crippen molar-refractivity contribution in [3.05, 3.63) is 170 Å². The number of fused-ring (bicyclic) bond motifs is 14. The molecule has 250 valence electrons. The van der Waals surface area contributed by atoms with Crippen LogP contribution in [-0.4, -0.2) is 19.4 Å². The quantitative estimate of drug-likeness (QED) is 0.173. The first-order valence-corrected chi connectivity index (χ1v) is 18.2. The monoisotopic (exact) mass is 688 g/mol. The SMILES string of the molecule is c1ccc(-c2cccc3ccc4nc(-c5ccc6c(c5)c5ccccc5c5nc7cc(-c8ccc9oc%10ccccc%10c9c8)ccn7c65)cnc4c23)cc1. The lowest BCUT2D eigenvalue weighted by Gasteiger charge is -2.12. The van der Waals surface area contributed by atoms with E-state index in [1.807, 2.05) is 24.4 Å². The lowest BCUT2D eigenvalue weighted by atomic mass is 9.96. The second kappa shape index (κ2) is 11.1. The Labute approximate surface area is 308 Å². The number of furan rings is 1. The Kier molecular flexibility index (Phi) is 5.99. The number of imidazole rings is 1. The summed E-state index contributed by atoms with van der Waals surface area (Å²) in [4.78, 5) is 15.6. The van der Waals surface area contributed by atoms with Crippen molar-refractivity contribution in [2.24, 2.45) is 0 Å². The van der Waals surface area contributed by atoms with Crippen LogP contribution in [0.25, 0.3) is 115 Å². The van der Waals surface area contributed by atoms with Gasteiger partial charge in [-0.05, 0) is 80.9 Å². The fraction of sp³-hybridized carbons (Fsp3) is 0. The van der Waals surface area contributed by atoms with Gasteiger partial charge in [0, 0.05) is 38.7 Å². The molecule has 0 aliphatic carbocycles. The smallest absolute Gasteiger partial charge is 0.138 e. The molecule has 0 unspecified atom stereocenters. The number of pyridine rings is 1. The van der Waals surface area contributed by atoms with Crippen LogP contribution in [0.15, 0.2) is 175 Å². The van der Waals surface area contributed by atoms with Crippen molar-refractivity contribution in [1.29, 1.82) is 0 Å². The highest BCUT2D eigenvalue weighted by atomic mass is 16.3. The second-order valence-corrected chi connectivity index (χ2v) is 14.0. The summed E-state index contributed by atoms with van der Waals surface area (Å²) in [7, 11) is 0. The largest absolute Gasteiger partial charge is 0.456 e. The van der Waals surface area contributed by atoms with E-state index in [0.717, 1.165) is 110 Å². The second-order valence-electron chi connectivity index (χ2n) is 14.0. The maximum Gasteiger partial charge on any atom is 0.138 e. The fourth-order valence-corrected chi connectivity index (χ4v) is 8.48. The molecule has 0 amide bonds. The van der Waals surface area contributed by atoms with Crippen molar-refractivity contribution in [3.63, 3.8) is 0 Å². The third-order valence-corrected chi connectivity index (χ3v) is 11.0. The van der Waals surface area contributed by atoms with Gasteiger partial charge in [-0.25, -0.2) is 9.97 Å². The van der Waals surface area contributed by atoms with Gasteiger partial charge in [-0.15, -0.1) is 0 Å². The van der Waals surface area contributed by atoms with E-state index >= 15 is 0 Å². The molecule has 0 N–H and O–H groups in total. The van der Waals surface area contributed by atoms with E-state index in [0.29, 0.717) is 0 Å². The van der Waals surface area contributed by atoms with Crippen LogP contribution in [0, 0.1) is 0 Å². The summed E-state index contributed by atoms with van der Waals surface area (Å²) in [5.74, 6) is 0. The van der Waals surface area contributed by atoms with Gasteiger partial charge in [0.05, 0.1) is 34.0 Å². The Morgan fingerprint density at radius 3 is 2.17 bits per heavy atom. The summed E-state index contributed by atoms with van der Waals surface area (Å²) in [5.41, 5.74) is 13.0. The van der Waals surface area contributed by atoms with Crippen LogP contribution < -0.4 is 0 Å². The fourth-order valence-electron chi connectivity index (χ4n) is 8.48. The maximum atomic E-state index is 6.10. The first-order chi connectivity index (χ1) is 26.7. The molecule has 0 radical (unpaired) electrons. The normalized spacial score (nSPS) is 12.1. The molecule has 5 nitrogen and oxygen atoms in total. The van der Waals surface area contributed by atoms with E-state index in [1.54, 1.807) is 0 Å². The van der Waals surface area contributed by atoms with E-state index in [4.69, 9.17) is 19.4 Å². The number of aromatic nitrogens is 4. The van der Waals surface area contributed by atoms with Gasteiger partial charge in [0.25, 0.3) is 0 Å². The first kappa shape index (κ1) is 29.2. The molecule has 4 heterocycles. The average molecular weight is 689 g/mol. The van der Waals surface area contributed by atoms with Crippen LogP contribution >= 0.6 is 0 Å². The lowest BCUT2D eigenvalue weighted by Crippen LogP contribution is -1.92. The summed E-state index contributed by atoms with van der Waals surface area (Å²) in [6, 6.07) is 55.4. The van der Waals surface area contributed by atoms with Crippen molar-refractivity contribution in [1.82, 2.24) is 19.4 Å². The third kappa shape index (κ3) is 4.24. The predicted molar refractivity (Wildman–Crippen MR) is 222 cm³/mol. The number of nitrogens with zero attached hydrogens (tertiary/aromatic N) is 4. The standard InChI is InChI=1S/C49H28N4O/c1-2-9-29(10-3-1)34-15-8-11-30-18-21-41-48(46(30)34)50-28-42(51-41)33-17-20-38-39(26-33)35-12-4-5-14-37(35)47-49(38)53-24-23-32(27-45(53)52-47)31-19-22-44-40(25-31)36-13-6-7-16-43(36)54-44/h1-28H. The summed E-state index contributed by atoms with van der Waals surface area (Å²) in [5, 5.41) is 9.11. The highest BCUT2D eigenvalue weighted by Gasteiger charge is 2.17. The molecule has 0 saturated heterocycles. The van der Waals surface area contributed by atoms with Gasteiger partial charge in [0.2, 0.25) is 0 Å². The molecular formula is C49H28N4O. The van der Waals surface area contributed by atoms with Gasteiger partial charge in [-0.1, -0.05) is 115 Å². The zero-order valence-electron chi connectivity index (χ0n) is 28.9. The molecule has 4 aromatic heterocycles. The third-order valence-electron chi connectivity index (χ3n) is 11.0. The minimum Gasteiger partial charge on any atom is -0.456 e. The molecule has 0 bridgehead atoms. The molecule has 12 aromatic rings. The number of rotatable bonds is 3. The van der Waals surface area contributed by atoms with Crippen molar-refractivity contribution in [2.45, 2.75) is 0 Å². The van der Waals surface area contributed by atoms with Gasteiger partial charge in [0.15, 0.2) is 0 Å². The van der Waals surface area contributed by atoms with Gasteiger partial charge in [-0.3, -0.25) is 9.38 Å².